The molecule has 1 unspecified atom stereocenters. The van der Waals surface area contributed by atoms with Crippen molar-refractivity contribution in [3.8, 4) is 0 Å². The summed E-state index contributed by atoms with van der Waals surface area (Å²) in [7, 11) is 0. The average molecular weight is 124 g/mol. The van der Waals surface area contributed by atoms with Crippen molar-refractivity contribution in [2.75, 3.05) is 0 Å². The second-order valence-electron chi connectivity index (χ2n) is 2.36. The Kier molecular flexibility index (Phi) is 0.873. The van der Waals surface area contributed by atoms with Gasteiger partial charge in [0.2, 0.25) is 0 Å². The standard InChI is InChI=1S/C6H8N2O/c9-6-3-5-1-2-7-8(5)4-6/h1-2,6,9H,3-4H2. The Balaban J connectivity index is 2.39. The molecule has 0 fully saturated rings. The maximum absolute atomic E-state index is 9.08. The summed E-state index contributed by atoms with van der Waals surface area (Å²) in [5.74, 6) is 0. The van der Waals surface area contributed by atoms with Crippen molar-refractivity contribution in [2.45, 2.75) is 19.1 Å². The van der Waals surface area contributed by atoms with E-state index in [1.165, 1.54) is 0 Å². The van der Waals surface area contributed by atoms with Crippen LogP contribution in [-0.2, 0) is 13.0 Å². The van der Waals surface area contributed by atoms with E-state index in [2.05, 4.69) is 5.10 Å². The number of hydrogen-bond donors (Lipinski definition) is 1. The number of fused-ring (bicyclic) bond motifs is 1. The van der Waals surface area contributed by atoms with E-state index in [1.807, 2.05) is 10.7 Å². The third kappa shape index (κ3) is 0.650. The van der Waals surface area contributed by atoms with Crippen LogP contribution in [0.5, 0.6) is 0 Å². The minimum atomic E-state index is -0.200. The molecule has 0 saturated heterocycles. The molecule has 1 aliphatic rings. The highest BCUT2D eigenvalue weighted by molar-refractivity contribution is 5.06. The van der Waals surface area contributed by atoms with Gasteiger partial charge in [-0.25, -0.2) is 0 Å². The van der Waals surface area contributed by atoms with Crippen LogP contribution in [0.25, 0.3) is 0 Å². The van der Waals surface area contributed by atoms with Gasteiger partial charge in [-0.05, 0) is 6.07 Å². The van der Waals surface area contributed by atoms with Gasteiger partial charge < -0.3 is 5.11 Å². The number of hydrogen-bond acceptors (Lipinski definition) is 2. The molecule has 2 heterocycles. The Morgan fingerprint density at radius 1 is 1.78 bits per heavy atom. The highest BCUT2D eigenvalue weighted by atomic mass is 16.3. The Bertz CT molecular complexity index is 198. The van der Waals surface area contributed by atoms with E-state index < -0.39 is 0 Å². The number of rotatable bonds is 0. The van der Waals surface area contributed by atoms with E-state index in [0.29, 0.717) is 6.54 Å². The molecule has 1 aromatic heterocycles. The second-order valence-corrected chi connectivity index (χ2v) is 2.36. The molecule has 48 valence electrons. The summed E-state index contributed by atoms with van der Waals surface area (Å²) in [6, 6.07) is 1.94. The van der Waals surface area contributed by atoms with Crippen molar-refractivity contribution in [3.05, 3.63) is 18.0 Å². The number of aromatic nitrogens is 2. The van der Waals surface area contributed by atoms with Crippen LogP contribution in [0.15, 0.2) is 12.3 Å². The molecule has 0 bridgehead atoms. The summed E-state index contributed by atoms with van der Waals surface area (Å²) >= 11 is 0. The molecule has 1 N–H and O–H groups in total. The SMILES string of the molecule is OC1Cc2ccnn2C1. The smallest absolute Gasteiger partial charge is 0.0791 e. The normalized spacial score (nSPS) is 24.3. The molecule has 0 radical (unpaired) electrons. The summed E-state index contributed by atoms with van der Waals surface area (Å²) in [6.07, 6.45) is 2.33. The van der Waals surface area contributed by atoms with Crippen molar-refractivity contribution in [1.82, 2.24) is 9.78 Å². The lowest BCUT2D eigenvalue weighted by molar-refractivity contribution is 0.172. The summed E-state index contributed by atoms with van der Waals surface area (Å²) in [5.41, 5.74) is 1.14. The molecule has 1 aliphatic heterocycles. The minimum Gasteiger partial charge on any atom is -0.391 e. The van der Waals surface area contributed by atoms with Gasteiger partial charge in [-0.3, -0.25) is 4.68 Å². The Labute approximate surface area is 52.9 Å². The van der Waals surface area contributed by atoms with E-state index in [0.717, 1.165) is 12.1 Å². The second kappa shape index (κ2) is 1.57. The molecule has 0 aromatic carbocycles. The zero-order chi connectivity index (χ0) is 6.27. The number of aliphatic hydroxyl groups is 1. The van der Waals surface area contributed by atoms with Crippen LogP contribution in [-0.4, -0.2) is 21.0 Å². The quantitative estimate of drug-likeness (QED) is 0.520. The zero-order valence-corrected chi connectivity index (χ0v) is 4.99. The van der Waals surface area contributed by atoms with Gasteiger partial charge >= 0.3 is 0 Å². The predicted molar refractivity (Wildman–Crippen MR) is 31.9 cm³/mol. The summed E-state index contributed by atoms with van der Waals surface area (Å²) in [6.45, 7) is 0.669. The van der Waals surface area contributed by atoms with Crippen LogP contribution in [0.2, 0.25) is 0 Å². The van der Waals surface area contributed by atoms with Crippen molar-refractivity contribution in [1.29, 1.82) is 0 Å². The van der Waals surface area contributed by atoms with Crippen LogP contribution in [0.4, 0.5) is 0 Å². The highest BCUT2D eigenvalue weighted by Gasteiger charge is 2.18. The molecule has 9 heavy (non-hydrogen) atoms. The minimum absolute atomic E-state index is 0.200. The largest absolute Gasteiger partial charge is 0.391 e. The molecular weight excluding hydrogens is 116 g/mol. The third-order valence-corrected chi connectivity index (χ3v) is 1.63. The van der Waals surface area contributed by atoms with Crippen molar-refractivity contribution < 1.29 is 5.11 Å². The lowest BCUT2D eigenvalue weighted by Gasteiger charge is -1.94. The Morgan fingerprint density at radius 2 is 2.67 bits per heavy atom. The fourth-order valence-electron chi connectivity index (χ4n) is 1.20. The van der Waals surface area contributed by atoms with E-state index in [4.69, 9.17) is 5.11 Å². The third-order valence-electron chi connectivity index (χ3n) is 1.63. The fourth-order valence-corrected chi connectivity index (χ4v) is 1.20. The van der Waals surface area contributed by atoms with Crippen LogP contribution in [0, 0.1) is 0 Å². The molecule has 0 aliphatic carbocycles. The topological polar surface area (TPSA) is 38.1 Å². The highest BCUT2D eigenvalue weighted by Crippen LogP contribution is 2.11. The maximum Gasteiger partial charge on any atom is 0.0791 e. The van der Waals surface area contributed by atoms with Gasteiger partial charge in [0, 0.05) is 18.3 Å². The van der Waals surface area contributed by atoms with Gasteiger partial charge in [-0.1, -0.05) is 0 Å². The van der Waals surface area contributed by atoms with Gasteiger partial charge in [0.1, 0.15) is 0 Å². The predicted octanol–water partition coefficient (Wildman–Crippen LogP) is -0.200. The first-order valence-corrected chi connectivity index (χ1v) is 3.05. The summed E-state index contributed by atoms with van der Waals surface area (Å²) in [4.78, 5) is 0. The molecule has 0 saturated carbocycles. The van der Waals surface area contributed by atoms with Crippen LogP contribution < -0.4 is 0 Å². The molecule has 0 amide bonds. The van der Waals surface area contributed by atoms with Crippen LogP contribution in [0.3, 0.4) is 0 Å². The molecule has 2 rings (SSSR count). The number of aliphatic hydroxyl groups excluding tert-OH is 1. The molecule has 1 aromatic rings. The van der Waals surface area contributed by atoms with E-state index >= 15 is 0 Å². The van der Waals surface area contributed by atoms with E-state index in [9.17, 15) is 0 Å². The molecule has 0 spiro atoms. The van der Waals surface area contributed by atoms with Gasteiger partial charge in [0.15, 0.2) is 0 Å². The maximum atomic E-state index is 9.08. The van der Waals surface area contributed by atoms with E-state index in [1.54, 1.807) is 6.20 Å². The molecule has 3 nitrogen and oxygen atoms in total. The summed E-state index contributed by atoms with van der Waals surface area (Å²) < 4.78 is 1.84. The molecule has 1 atom stereocenters. The summed E-state index contributed by atoms with van der Waals surface area (Å²) in [5, 5.41) is 13.1. The Morgan fingerprint density at radius 3 is 3.44 bits per heavy atom. The Hall–Kier alpha value is -0.830. The number of nitrogens with zero attached hydrogens (tertiary/aromatic N) is 2. The molecular formula is C6H8N2O. The first-order valence-electron chi connectivity index (χ1n) is 3.05. The lowest BCUT2D eigenvalue weighted by atomic mass is 10.2. The van der Waals surface area contributed by atoms with Crippen molar-refractivity contribution in [3.63, 3.8) is 0 Å². The van der Waals surface area contributed by atoms with E-state index in [-0.39, 0.29) is 6.10 Å². The monoisotopic (exact) mass is 124 g/mol. The van der Waals surface area contributed by atoms with Crippen LogP contribution >= 0.6 is 0 Å². The molecule has 3 heteroatoms. The van der Waals surface area contributed by atoms with Crippen LogP contribution in [0.1, 0.15) is 5.69 Å². The first-order chi connectivity index (χ1) is 4.36. The van der Waals surface area contributed by atoms with Gasteiger partial charge in [0.05, 0.1) is 12.6 Å². The first kappa shape index (κ1) is 4.99. The van der Waals surface area contributed by atoms with Crippen molar-refractivity contribution >= 4 is 0 Å². The zero-order valence-electron chi connectivity index (χ0n) is 4.99. The average Bonchev–Trinajstić information content (AvgIpc) is 2.22. The van der Waals surface area contributed by atoms with Gasteiger partial charge in [-0.2, -0.15) is 5.10 Å². The fraction of sp³-hybridized carbons (Fsp3) is 0.500. The van der Waals surface area contributed by atoms with Gasteiger partial charge in [-0.15, -0.1) is 0 Å². The van der Waals surface area contributed by atoms with Crippen molar-refractivity contribution in [2.24, 2.45) is 0 Å². The van der Waals surface area contributed by atoms with Gasteiger partial charge in [0.25, 0.3) is 0 Å². The lowest BCUT2D eigenvalue weighted by Crippen LogP contribution is -2.07.